The van der Waals surface area contributed by atoms with E-state index >= 15 is 0 Å². The number of ether oxygens (including phenoxy) is 1. The zero-order valence-electron chi connectivity index (χ0n) is 13.7. The second kappa shape index (κ2) is 16.0. The van der Waals surface area contributed by atoms with Crippen LogP contribution in [0.25, 0.3) is 0 Å². The molecule has 0 aliphatic carbocycles. The van der Waals surface area contributed by atoms with Crippen LogP contribution in [0.2, 0.25) is 0 Å². The van der Waals surface area contributed by atoms with Crippen molar-refractivity contribution in [3.63, 3.8) is 0 Å². The summed E-state index contributed by atoms with van der Waals surface area (Å²) in [5.74, 6) is 0. The first kappa shape index (κ1) is 18.9. The molecular weight excluding hydrogens is 234 g/mol. The number of hydrogen-bond donors (Lipinski definition) is 1. The molecular formula is C17H37NO. The fourth-order valence-corrected chi connectivity index (χ4v) is 2.32. The first-order chi connectivity index (χ1) is 9.35. The van der Waals surface area contributed by atoms with Crippen molar-refractivity contribution in [3.8, 4) is 0 Å². The van der Waals surface area contributed by atoms with Crippen molar-refractivity contribution in [1.82, 2.24) is 5.32 Å². The van der Waals surface area contributed by atoms with Gasteiger partial charge in [-0.3, -0.25) is 0 Å². The molecule has 0 spiro atoms. The Morgan fingerprint density at radius 2 is 1.47 bits per heavy atom. The second-order valence-electron chi connectivity index (χ2n) is 5.58. The highest BCUT2D eigenvalue weighted by Gasteiger charge is 2.03. The summed E-state index contributed by atoms with van der Waals surface area (Å²) in [4.78, 5) is 0. The van der Waals surface area contributed by atoms with E-state index < -0.39 is 0 Å². The second-order valence-corrected chi connectivity index (χ2v) is 5.58. The van der Waals surface area contributed by atoms with Crippen molar-refractivity contribution in [2.45, 2.75) is 91.0 Å². The van der Waals surface area contributed by atoms with E-state index in [1.165, 1.54) is 64.2 Å². The van der Waals surface area contributed by atoms with Crippen molar-refractivity contribution in [2.75, 3.05) is 19.8 Å². The summed E-state index contributed by atoms with van der Waals surface area (Å²) < 4.78 is 5.71. The van der Waals surface area contributed by atoms with Crippen LogP contribution in [0.5, 0.6) is 0 Å². The van der Waals surface area contributed by atoms with Gasteiger partial charge in [-0.15, -0.1) is 0 Å². The molecule has 0 radical (unpaired) electrons. The molecule has 0 bridgehead atoms. The lowest BCUT2D eigenvalue weighted by atomic mass is 10.1. The van der Waals surface area contributed by atoms with E-state index in [-0.39, 0.29) is 0 Å². The van der Waals surface area contributed by atoms with Crippen molar-refractivity contribution < 1.29 is 4.74 Å². The largest absolute Gasteiger partial charge is 0.381 e. The molecule has 1 unspecified atom stereocenters. The number of hydrogen-bond acceptors (Lipinski definition) is 2. The third kappa shape index (κ3) is 14.1. The average Bonchev–Trinajstić information content (AvgIpc) is 2.44. The molecule has 116 valence electrons. The van der Waals surface area contributed by atoms with E-state index in [2.05, 4.69) is 26.1 Å². The maximum absolute atomic E-state index is 5.71. The highest BCUT2D eigenvalue weighted by atomic mass is 16.5. The molecule has 2 nitrogen and oxygen atoms in total. The molecule has 1 N–H and O–H groups in total. The first-order valence-electron chi connectivity index (χ1n) is 8.66. The standard InChI is InChI=1S/C17H37NO/c1-4-7-8-9-10-11-15-19-16-12-13-17(6-3)18-14-5-2/h17-18H,4-16H2,1-3H3. The monoisotopic (exact) mass is 271 g/mol. The van der Waals surface area contributed by atoms with Gasteiger partial charge in [0.1, 0.15) is 0 Å². The smallest absolute Gasteiger partial charge is 0.0466 e. The summed E-state index contributed by atoms with van der Waals surface area (Å²) in [6.45, 7) is 9.82. The topological polar surface area (TPSA) is 21.3 Å². The van der Waals surface area contributed by atoms with Crippen molar-refractivity contribution in [3.05, 3.63) is 0 Å². The van der Waals surface area contributed by atoms with Crippen LogP contribution in [-0.4, -0.2) is 25.8 Å². The first-order valence-corrected chi connectivity index (χ1v) is 8.66. The Bertz CT molecular complexity index is 161. The van der Waals surface area contributed by atoms with Gasteiger partial charge in [-0.1, -0.05) is 52.9 Å². The Morgan fingerprint density at radius 1 is 0.789 bits per heavy atom. The van der Waals surface area contributed by atoms with Crippen molar-refractivity contribution >= 4 is 0 Å². The lowest BCUT2D eigenvalue weighted by Gasteiger charge is -2.16. The predicted octanol–water partition coefficient (Wildman–Crippen LogP) is 4.92. The van der Waals surface area contributed by atoms with Gasteiger partial charge in [-0.25, -0.2) is 0 Å². The van der Waals surface area contributed by atoms with Crippen LogP contribution < -0.4 is 5.32 Å². The third-order valence-electron chi connectivity index (χ3n) is 3.66. The number of unbranched alkanes of at least 4 members (excludes halogenated alkanes) is 5. The highest BCUT2D eigenvalue weighted by Crippen LogP contribution is 2.06. The normalized spacial score (nSPS) is 12.8. The molecule has 0 amide bonds. The fraction of sp³-hybridized carbons (Fsp3) is 1.00. The van der Waals surface area contributed by atoms with Gasteiger partial charge in [0.25, 0.3) is 0 Å². The van der Waals surface area contributed by atoms with Crippen LogP contribution in [0.3, 0.4) is 0 Å². The molecule has 19 heavy (non-hydrogen) atoms. The Labute approximate surface area is 121 Å². The maximum Gasteiger partial charge on any atom is 0.0466 e. The minimum atomic E-state index is 0.692. The summed E-state index contributed by atoms with van der Waals surface area (Å²) in [6.07, 6.45) is 13.0. The van der Waals surface area contributed by atoms with Gasteiger partial charge in [0.2, 0.25) is 0 Å². The third-order valence-corrected chi connectivity index (χ3v) is 3.66. The van der Waals surface area contributed by atoms with Gasteiger partial charge in [0.05, 0.1) is 0 Å². The van der Waals surface area contributed by atoms with Crippen LogP contribution in [0.4, 0.5) is 0 Å². The molecule has 2 heteroatoms. The molecule has 0 rings (SSSR count). The van der Waals surface area contributed by atoms with E-state index in [1.54, 1.807) is 0 Å². The van der Waals surface area contributed by atoms with Gasteiger partial charge in [-0.05, 0) is 38.6 Å². The summed E-state index contributed by atoms with van der Waals surface area (Å²) in [5.41, 5.74) is 0. The van der Waals surface area contributed by atoms with E-state index in [0.29, 0.717) is 6.04 Å². The molecule has 0 aromatic rings. The minimum absolute atomic E-state index is 0.692. The molecule has 0 fully saturated rings. The molecule has 0 saturated carbocycles. The summed E-state index contributed by atoms with van der Waals surface area (Å²) in [6, 6.07) is 0.692. The Hall–Kier alpha value is -0.0800. The van der Waals surface area contributed by atoms with E-state index in [9.17, 15) is 0 Å². The lowest BCUT2D eigenvalue weighted by Crippen LogP contribution is -2.29. The zero-order chi connectivity index (χ0) is 14.2. The van der Waals surface area contributed by atoms with Gasteiger partial charge in [0.15, 0.2) is 0 Å². The molecule has 0 aromatic carbocycles. The van der Waals surface area contributed by atoms with Crippen LogP contribution >= 0.6 is 0 Å². The van der Waals surface area contributed by atoms with Crippen LogP contribution in [0, 0.1) is 0 Å². The Kier molecular flexibility index (Phi) is 15.9. The quantitative estimate of drug-likeness (QED) is 0.427. The van der Waals surface area contributed by atoms with E-state index in [1.807, 2.05) is 0 Å². The minimum Gasteiger partial charge on any atom is -0.381 e. The van der Waals surface area contributed by atoms with Crippen molar-refractivity contribution in [2.24, 2.45) is 0 Å². The Morgan fingerprint density at radius 3 is 2.16 bits per heavy atom. The number of nitrogens with one attached hydrogen (secondary N) is 1. The van der Waals surface area contributed by atoms with Crippen molar-refractivity contribution in [1.29, 1.82) is 0 Å². The SMILES string of the molecule is CCCCCCCCOCCCC(CC)NCCC. The molecule has 0 heterocycles. The average molecular weight is 271 g/mol. The summed E-state index contributed by atoms with van der Waals surface area (Å²) in [5, 5.41) is 3.59. The van der Waals surface area contributed by atoms with E-state index in [0.717, 1.165) is 19.8 Å². The molecule has 0 aliphatic heterocycles. The summed E-state index contributed by atoms with van der Waals surface area (Å²) in [7, 11) is 0. The predicted molar refractivity (Wildman–Crippen MR) is 85.8 cm³/mol. The van der Waals surface area contributed by atoms with Crippen LogP contribution in [0.1, 0.15) is 85.0 Å². The van der Waals surface area contributed by atoms with Gasteiger partial charge < -0.3 is 10.1 Å². The fourth-order valence-electron chi connectivity index (χ4n) is 2.32. The van der Waals surface area contributed by atoms with E-state index in [4.69, 9.17) is 4.74 Å². The van der Waals surface area contributed by atoms with Crippen LogP contribution in [-0.2, 0) is 4.74 Å². The maximum atomic E-state index is 5.71. The highest BCUT2D eigenvalue weighted by molar-refractivity contribution is 4.64. The van der Waals surface area contributed by atoms with Crippen LogP contribution in [0.15, 0.2) is 0 Å². The van der Waals surface area contributed by atoms with Gasteiger partial charge in [-0.2, -0.15) is 0 Å². The van der Waals surface area contributed by atoms with Gasteiger partial charge in [0, 0.05) is 19.3 Å². The molecule has 0 saturated heterocycles. The molecule has 0 aliphatic rings. The lowest BCUT2D eigenvalue weighted by molar-refractivity contribution is 0.123. The summed E-state index contributed by atoms with van der Waals surface area (Å²) >= 11 is 0. The number of rotatable bonds is 15. The molecule has 0 aromatic heterocycles. The zero-order valence-corrected chi connectivity index (χ0v) is 13.7. The Balaban J connectivity index is 3.16. The molecule has 1 atom stereocenters. The van der Waals surface area contributed by atoms with Gasteiger partial charge >= 0.3 is 0 Å².